The molecule has 6 heteroatoms. The Bertz CT molecular complexity index is 760. The Labute approximate surface area is 163 Å². The van der Waals surface area contributed by atoms with Gasteiger partial charge in [0.15, 0.2) is 0 Å². The second kappa shape index (κ2) is 9.50. The number of nitrogens with zero attached hydrogens (tertiary/aromatic N) is 2. The molecule has 1 N–H and O–H groups in total. The standard InChI is InChI=1S/C20H24BrN3O2/c1-23(2)20(26)16-5-4-6-18(13-16)22-19(25)14-24(3)12-11-15-7-9-17(21)10-8-15/h4-10,13H,11-12,14H2,1-3H3,(H,22,25). The van der Waals surface area contributed by atoms with Gasteiger partial charge in [0.1, 0.15) is 0 Å². The fourth-order valence-electron chi connectivity index (χ4n) is 2.48. The van der Waals surface area contributed by atoms with Crippen molar-refractivity contribution in [1.82, 2.24) is 9.80 Å². The quantitative estimate of drug-likeness (QED) is 0.751. The number of amides is 2. The largest absolute Gasteiger partial charge is 0.345 e. The topological polar surface area (TPSA) is 52.7 Å². The number of anilines is 1. The first-order valence-electron chi connectivity index (χ1n) is 8.39. The zero-order valence-electron chi connectivity index (χ0n) is 15.3. The number of benzene rings is 2. The molecule has 0 fully saturated rings. The van der Waals surface area contributed by atoms with E-state index in [2.05, 4.69) is 33.4 Å². The van der Waals surface area contributed by atoms with E-state index in [4.69, 9.17) is 0 Å². The normalized spacial score (nSPS) is 10.7. The van der Waals surface area contributed by atoms with Crippen LogP contribution in [0.2, 0.25) is 0 Å². The first kappa shape index (κ1) is 20.1. The van der Waals surface area contributed by atoms with Crippen LogP contribution in [-0.2, 0) is 11.2 Å². The highest BCUT2D eigenvalue weighted by molar-refractivity contribution is 9.10. The summed E-state index contributed by atoms with van der Waals surface area (Å²) in [6.45, 7) is 1.08. The predicted molar refractivity (Wildman–Crippen MR) is 108 cm³/mol. The Kier molecular flexibility index (Phi) is 7.36. The highest BCUT2D eigenvalue weighted by Gasteiger charge is 2.11. The van der Waals surface area contributed by atoms with E-state index >= 15 is 0 Å². The summed E-state index contributed by atoms with van der Waals surface area (Å²) in [5, 5.41) is 2.86. The van der Waals surface area contributed by atoms with Gasteiger partial charge in [-0.05, 0) is 49.4 Å². The van der Waals surface area contributed by atoms with Gasteiger partial charge in [0.2, 0.25) is 5.91 Å². The number of hydrogen-bond acceptors (Lipinski definition) is 3. The molecule has 0 atom stereocenters. The molecular formula is C20H24BrN3O2. The molecule has 0 unspecified atom stereocenters. The first-order valence-corrected chi connectivity index (χ1v) is 9.19. The summed E-state index contributed by atoms with van der Waals surface area (Å²) in [6, 6.07) is 15.2. The summed E-state index contributed by atoms with van der Waals surface area (Å²) in [5.41, 5.74) is 2.41. The van der Waals surface area contributed by atoms with Crippen molar-refractivity contribution >= 4 is 33.4 Å². The third-order valence-corrected chi connectivity index (χ3v) is 4.44. The van der Waals surface area contributed by atoms with Crippen LogP contribution in [0.25, 0.3) is 0 Å². The lowest BCUT2D eigenvalue weighted by Crippen LogP contribution is -2.31. The molecule has 2 aromatic rings. The minimum Gasteiger partial charge on any atom is -0.345 e. The van der Waals surface area contributed by atoms with Gasteiger partial charge < -0.3 is 10.2 Å². The van der Waals surface area contributed by atoms with Gasteiger partial charge in [-0.3, -0.25) is 14.5 Å². The van der Waals surface area contributed by atoms with Crippen LogP contribution in [0.3, 0.4) is 0 Å². The second-order valence-corrected chi connectivity index (χ2v) is 7.36. The molecule has 26 heavy (non-hydrogen) atoms. The lowest BCUT2D eigenvalue weighted by molar-refractivity contribution is -0.117. The molecule has 0 spiro atoms. The molecule has 5 nitrogen and oxygen atoms in total. The van der Waals surface area contributed by atoms with Crippen molar-refractivity contribution in [2.75, 3.05) is 39.5 Å². The zero-order chi connectivity index (χ0) is 19.1. The maximum Gasteiger partial charge on any atom is 0.253 e. The number of nitrogens with one attached hydrogen (secondary N) is 1. The van der Waals surface area contributed by atoms with Crippen molar-refractivity contribution in [3.05, 3.63) is 64.1 Å². The number of carbonyl (C=O) groups is 2. The molecule has 2 aromatic carbocycles. The molecule has 0 saturated carbocycles. The van der Waals surface area contributed by atoms with E-state index in [1.807, 2.05) is 24.1 Å². The maximum atomic E-state index is 12.2. The summed E-state index contributed by atoms with van der Waals surface area (Å²) in [6.07, 6.45) is 0.879. The second-order valence-electron chi connectivity index (χ2n) is 6.44. The number of halogens is 1. The van der Waals surface area contributed by atoms with Crippen LogP contribution in [0.5, 0.6) is 0 Å². The summed E-state index contributed by atoms with van der Waals surface area (Å²) >= 11 is 3.42. The average Bonchev–Trinajstić information content (AvgIpc) is 2.60. The molecule has 0 aliphatic carbocycles. The van der Waals surface area contributed by atoms with Gasteiger partial charge >= 0.3 is 0 Å². The van der Waals surface area contributed by atoms with Crippen LogP contribution in [0.1, 0.15) is 15.9 Å². The minimum absolute atomic E-state index is 0.0901. The van der Waals surface area contributed by atoms with Gasteiger partial charge in [0, 0.05) is 36.4 Å². The molecule has 0 radical (unpaired) electrons. The van der Waals surface area contributed by atoms with Crippen molar-refractivity contribution in [2.45, 2.75) is 6.42 Å². The van der Waals surface area contributed by atoms with Gasteiger partial charge in [-0.25, -0.2) is 0 Å². The minimum atomic E-state index is -0.0993. The molecule has 0 saturated heterocycles. The highest BCUT2D eigenvalue weighted by atomic mass is 79.9. The van der Waals surface area contributed by atoms with E-state index in [1.54, 1.807) is 38.4 Å². The van der Waals surface area contributed by atoms with Crippen molar-refractivity contribution < 1.29 is 9.59 Å². The van der Waals surface area contributed by atoms with E-state index in [0.29, 0.717) is 17.8 Å². The predicted octanol–water partition coefficient (Wildman–Crippen LogP) is 3.26. The number of carbonyl (C=O) groups excluding carboxylic acids is 2. The number of hydrogen-bond donors (Lipinski definition) is 1. The molecule has 2 amide bonds. The Morgan fingerprint density at radius 3 is 2.38 bits per heavy atom. The molecule has 0 aliphatic rings. The number of rotatable bonds is 7. The summed E-state index contributed by atoms with van der Waals surface area (Å²) < 4.78 is 1.06. The van der Waals surface area contributed by atoms with Gasteiger partial charge in [0.05, 0.1) is 6.54 Å². The van der Waals surface area contributed by atoms with E-state index in [9.17, 15) is 9.59 Å². The van der Waals surface area contributed by atoms with Gasteiger partial charge in [-0.15, -0.1) is 0 Å². The van der Waals surface area contributed by atoms with Gasteiger partial charge in [0.25, 0.3) is 5.91 Å². The first-order chi connectivity index (χ1) is 12.3. The molecule has 138 valence electrons. The van der Waals surface area contributed by atoms with Crippen LogP contribution >= 0.6 is 15.9 Å². The Balaban J connectivity index is 1.85. The molecule has 0 bridgehead atoms. The molecule has 0 aliphatic heterocycles. The molecule has 0 aromatic heterocycles. The summed E-state index contributed by atoms with van der Waals surface area (Å²) in [4.78, 5) is 27.7. The van der Waals surface area contributed by atoms with Gasteiger partial charge in [-0.1, -0.05) is 34.1 Å². The van der Waals surface area contributed by atoms with Crippen molar-refractivity contribution in [1.29, 1.82) is 0 Å². The van der Waals surface area contributed by atoms with Crippen molar-refractivity contribution in [2.24, 2.45) is 0 Å². The van der Waals surface area contributed by atoms with Crippen LogP contribution in [0, 0.1) is 0 Å². The van der Waals surface area contributed by atoms with Crippen LogP contribution < -0.4 is 5.32 Å². The van der Waals surface area contributed by atoms with Crippen LogP contribution in [0.15, 0.2) is 53.0 Å². The van der Waals surface area contributed by atoms with Crippen molar-refractivity contribution in [3.63, 3.8) is 0 Å². The third kappa shape index (κ3) is 6.28. The Morgan fingerprint density at radius 1 is 1.04 bits per heavy atom. The average molecular weight is 418 g/mol. The van der Waals surface area contributed by atoms with Gasteiger partial charge in [-0.2, -0.15) is 0 Å². The smallest absolute Gasteiger partial charge is 0.253 e. The van der Waals surface area contributed by atoms with E-state index < -0.39 is 0 Å². The lowest BCUT2D eigenvalue weighted by atomic mass is 10.1. The Morgan fingerprint density at radius 2 is 1.73 bits per heavy atom. The van der Waals surface area contributed by atoms with Crippen molar-refractivity contribution in [3.8, 4) is 0 Å². The maximum absolute atomic E-state index is 12.2. The van der Waals surface area contributed by atoms with E-state index in [-0.39, 0.29) is 11.8 Å². The summed E-state index contributed by atoms with van der Waals surface area (Å²) in [7, 11) is 5.33. The fraction of sp³-hybridized carbons (Fsp3) is 0.300. The Hall–Kier alpha value is -2.18. The SMILES string of the molecule is CN(CCc1ccc(Br)cc1)CC(=O)Nc1cccc(C(=O)N(C)C)c1. The monoisotopic (exact) mass is 417 g/mol. The zero-order valence-corrected chi connectivity index (χ0v) is 16.9. The third-order valence-electron chi connectivity index (χ3n) is 3.91. The molecule has 2 rings (SSSR count). The molecular weight excluding hydrogens is 394 g/mol. The van der Waals surface area contributed by atoms with E-state index in [1.165, 1.54) is 10.5 Å². The van der Waals surface area contributed by atoms with Crippen LogP contribution in [-0.4, -0.2) is 55.8 Å². The lowest BCUT2D eigenvalue weighted by Gasteiger charge is -2.17. The molecule has 0 heterocycles. The van der Waals surface area contributed by atoms with Crippen LogP contribution in [0.4, 0.5) is 5.69 Å². The fourth-order valence-corrected chi connectivity index (χ4v) is 2.75. The summed E-state index contributed by atoms with van der Waals surface area (Å²) in [5.74, 6) is -0.189. The van der Waals surface area contributed by atoms with E-state index in [0.717, 1.165) is 17.4 Å². The highest BCUT2D eigenvalue weighted by Crippen LogP contribution is 2.13. The number of likely N-dealkylation sites (N-methyl/N-ethyl adjacent to an activating group) is 1.